The van der Waals surface area contributed by atoms with E-state index in [9.17, 15) is 18.0 Å². The van der Waals surface area contributed by atoms with Crippen LogP contribution < -0.4 is 10.1 Å². The summed E-state index contributed by atoms with van der Waals surface area (Å²) in [4.78, 5) is 19.0. The second kappa shape index (κ2) is 9.09. The molecule has 3 aromatic rings. The molecule has 0 bridgehead atoms. The summed E-state index contributed by atoms with van der Waals surface area (Å²) in [6.07, 6.45) is -1.70. The number of halogens is 3. The number of carbonyl (C=O) groups is 1. The number of nitrogens with one attached hydrogen (secondary N) is 1. The van der Waals surface area contributed by atoms with E-state index in [-0.39, 0.29) is 23.1 Å². The molecule has 0 saturated heterocycles. The van der Waals surface area contributed by atoms with Crippen LogP contribution in [0, 0.1) is 11.3 Å². The van der Waals surface area contributed by atoms with Crippen LogP contribution in [0.15, 0.2) is 42.5 Å². The molecular weight excluding hydrogens is 457 g/mol. The van der Waals surface area contributed by atoms with Gasteiger partial charge in [-0.2, -0.15) is 0 Å². The summed E-state index contributed by atoms with van der Waals surface area (Å²) in [7, 11) is 3.43. The van der Waals surface area contributed by atoms with Crippen LogP contribution in [0.1, 0.15) is 56.4 Å². The number of amides is 1. The van der Waals surface area contributed by atoms with Gasteiger partial charge in [-0.3, -0.25) is 4.79 Å². The molecule has 2 aromatic carbocycles. The predicted molar refractivity (Wildman–Crippen MR) is 130 cm³/mol. The van der Waals surface area contributed by atoms with Crippen LogP contribution in [0.2, 0.25) is 0 Å². The highest BCUT2D eigenvalue weighted by Gasteiger charge is 2.35. The zero-order valence-corrected chi connectivity index (χ0v) is 20.6. The van der Waals surface area contributed by atoms with Gasteiger partial charge in [0.1, 0.15) is 5.75 Å². The molecule has 1 saturated carbocycles. The van der Waals surface area contributed by atoms with Crippen molar-refractivity contribution in [3.63, 3.8) is 0 Å². The minimum absolute atomic E-state index is 0.0910. The molecule has 1 amide bonds. The van der Waals surface area contributed by atoms with Crippen molar-refractivity contribution in [1.82, 2.24) is 14.5 Å². The number of alkyl halides is 3. The molecule has 188 valence electrons. The van der Waals surface area contributed by atoms with Crippen molar-refractivity contribution in [3.8, 4) is 5.75 Å². The number of rotatable bonds is 5. The normalized spacial score (nSPS) is 20.0. The van der Waals surface area contributed by atoms with Crippen LogP contribution in [0.5, 0.6) is 5.75 Å². The highest BCUT2D eigenvalue weighted by Crippen LogP contribution is 2.46. The van der Waals surface area contributed by atoms with Crippen LogP contribution in [0.4, 0.5) is 24.8 Å². The number of hydrogen-bond donors (Lipinski definition) is 1. The molecule has 9 heteroatoms. The molecule has 1 heterocycles. The molecule has 1 fully saturated rings. The smallest absolute Gasteiger partial charge is 0.406 e. The van der Waals surface area contributed by atoms with E-state index in [4.69, 9.17) is 4.98 Å². The standard InChI is InChI=1S/C26H31F3N4O2/c1-16-12-19(15-25(2,3)14-16)33-22-13-17(23(34)32(4)5)6-11-21(22)31-24(33)30-18-7-9-20(10-8-18)35-26(27,28)29/h6-11,13,16,19H,12,14-15H2,1-5H3,(H,30,31)/t16?,19-/m0/s1. The van der Waals surface area contributed by atoms with Gasteiger partial charge in [0.25, 0.3) is 5.91 Å². The van der Waals surface area contributed by atoms with E-state index < -0.39 is 6.36 Å². The minimum Gasteiger partial charge on any atom is -0.406 e. The average Bonchev–Trinajstić information content (AvgIpc) is 3.09. The lowest BCUT2D eigenvalue weighted by Crippen LogP contribution is -2.30. The third-order valence-electron chi connectivity index (χ3n) is 6.42. The Bertz CT molecular complexity index is 1220. The number of imidazole rings is 1. The quantitative estimate of drug-likeness (QED) is 0.431. The molecule has 1 N–H and O–H groups in total. The predicted octanol–water partition coefficient (Wildman–Crippen LogP) is 6.77. The first kappa shape index (κ1) is 24.9. The first-order chi connectivity index (χ1) is 16.3. The number of benzene rings is 2. The summed E-state index contributed by atoms with van der Waals surface area (Å²) >= 11 is 0. The third-order valence-corrected chi connectivity index (χ3v) is 6.42. The average molecular weight is 489 g/mol. The first-order valence-corrected chi connectivity index (χ1v) is 11.7. The second-order valence-electron chi connectivity index (χ2n) is 10.5. The molecule has 0 radical (unpaired) electrons. The lowest BCUT2D eigenvalue weighted by Gasteiger charge is -2.40. The number of ether oxygens (including phenoxy) is 1. The number of hydrogen-bond acceptors (Lipinski definition) is 4. The van der Waals surface area contributed by atoms with Crippen molar-refractivity contribution in [2.24, 2.45) is 11.3 Å². The summed E-state index contributed by atoms with van der Waals surface area (Å²) in [5.74, 6) is 0.728. The van der Waals surface area contributed by atoms with Crippen LogP contribution >= 0.6 is 0 Å². The van der Waals surface area contributed by atoms with Crippen molar-refractivity contribution in [1.29, 1.82) is 0 Å². The Kier molecular flexibility index (Phi) is 6.46. The van der Waals surface area contributed by atoms with Crippen molar-refractivity contribution in [2.45, 2.75) is 52.4 Å². The van der Waals surface area contributed by atoms with Gasteiger partial charge in [0.05, 0.1) is 11.0 Å². The molecule has 0 spiro atoms. The molecule has 6 nitrogen and oxygen atoms in total. The van der Waals surface area contributed by atoms with E-state index in [1.54, 1.807) is 20.2 Å². The van der Waals surface area contributed by atoms with Crippen LogP contribution in [0.25, 0.3) is 11.0 Å². The van der Waals surface area contributed by atoms with Gasteiger partial charge in [0.2, 0.25) is 5.95 Å². The fourth-order valence-corrected chi connectivity index (χ4v) is 5.30. The Balaban J connectivity index is 1.76. The zero-order chi connectivity index (χ0) is 25.5. The lowest BCUT2D eigenvalue weighted by molar-refractivity contribution is -0.274. The largest absolute Gasteiger partial charge is 0.573 e. The number of nitrogens with zero attached hydrogens (tertiary/aromatic N) is 3. The van der Waals surface area contributed by atoms with Gasteiger partial charge in [-0.1, -0.05) is 20.8 Å². The minimum atomic E-state index is -4.74. The molecule has 1 aliphatic rings. The molecule has 35 heavy (non-hydrogen) atoms. The topological polar surface area (TPSA) is 59.4 Å². The van der Waals surface area contributed by atoms with Crippen LogP contribution in [0.3, 0.4) is 0 Å². The summed E-state index contributed by atoms with van der Waals surface area (Å²) in [6.45, 7) is 6.78. The zero-order valence-electron chi connectivity index (χ0n) is 20.6. The fraction of sp³-hybridized carbons (Fsp3) is 0.462. The number of fused-ring (bicyclic) bond motifs is 1. The Morgan fingerprint density at radius 3 is 2.43 bits per heavy atom. The van der Waals surface area contributed by atoms with E-state index in [1.807, 2.05) is 12.1 Å². The third kappa shape index (κ3) is 5.71. The van der Waals surface area contributed by atoms with E-state index in [1.165, 1.54) is 29.2 Å². The molecular formula is C26H31F3N4O2. The maximum atomic E-state index is 12.6. The molecule has 2 atom stereocenters. The summed E-state index contributed by atoms with van der Waals surface area (Å²) in [5.41, 5.74) is 2.91. The van der Waals surface area contributed by atoms with Gasteiger partial charge in [0, 0.05) is 31.4 Å². The number of carbonyl (C=O) groups excluding carboxylic acids is 1. The molecule has 1 aromatic heterocycles. The molecule has 4 rings (SSSR count). The van der Waals surface area contributed by atoms with Crippen molar-refractivity contribution < 1.29 is 22.7 Å². The van der Waals surface area contributed by atoms with E-state index in [0.29, 0.717) is 23.1 Å². The van der Waals surface area contributed by atoms with E-state index >= 15 is 0 Å². The Morgan fingerprint density at radius 2 is 1.83 bits per heavy atom. The van der Waals surface area contributed by atoms with Crippen LogP contribution in [-0.4, -0.2) is 40.8 Å². The Labute approximate surface area is 203 Å². The van der Waals surface area contributed by atoms with Gasteiger partial charge in [-0.05, 0) is 73.1 Å². The monoisotopic (exact) mass is 488 g/mol. The van der Waals surface area contributed by atoms with Crippen LogP contribution in [-0.2, 0) is 0 Å². The number of aromatic nitrogens is 2. The van der Waals surface area contributed by atoms with Crippen molar-refractivity contribution in [2.75, 3.05) is 19.4 Å². The number of anilines is 2. The fourth-order valence-electron chi connectivity index (χ4n) is 5.30. The maximum Gasteiger partial charge on any atom is 0.573 e. The molecule has 1 aliphatic carbocycles. The molecule has 0 aliphatic heterocycles. The van der Waals surface area contributed by atoms with Crippen molar-refractivity contribution in [3.05, 3.63) is 48.0 Å². The highest BCUT2D eigenvalue weighted by molar-refractivity contribution is 5.97. The molecule has 1 unspecified atom stereocenters. The van der Waals surface area contributed by atoms with E-state index in [0.717, 1.165) is 30.3 Å². The van der Waals surface area contributed by atoms with Gasteiger partial charge in [0.15, 0.2) is 0 Å². The summed E-state index contributed by atoms with van der Waals surface area (Å²) in [5, 5.41) is 3.28. The summed E-state index contributed by atoms with van der Waals surface area (Å²) in [6, 6.07) is 11.2. The summed E-state index contributed by atoms with van der Waals surface area (Å²) < 4.78 is 43.7. The Hall–Kier alpha value is -3.23. The Morgan fingerprint density at radius 1 is 1.14 bits per heavy atom. The first-order valence-electron chi connectivity index (χ1n) is 11.7. The highest BCUT2D eigenvalue weighted by atomic mass is 19.4. The van der Waals surface area contributed by atoms with Gasteiger partial charge < -0.3 is 19.5 Å². The van der Waals surface area contributed by atoms with E-state index in [2.05, 4.69) is 35.4 Å². The second-order valence-corrected chi connectivity index (χ2v) is 10.5. The maximum absolute atomic E-state index is 12.6. The lowest BCUT2D eigenvalue weighted by atomic mass is 9.70. The van der Waals surface area contributed by atoms with Crippen molar-refractivity contribution >= 4 is 28.6 Å². The van der Waals surface area contributed by atoms with Gasteiger partial charge in [-0.25, -0.2) is 4.98 Å². The van der Waals surface area contributed by atoms with Gasteiger partial charge >= 0.3 is 6.36 Å². The van der Waals surface area contributed by atoms with Gasteiger partial charge in [-0.15, -0.1) is 13.2 Å². The SMILES string of the molecule is CC1C[C@H](n2c(Nc3ccc(OC(F)(F)F)cc3)nc3ccc(C(=O)N(C)C)cc32)CC(C)(C)C1.